The molecular formula is C19H23NO2. The molecule has 0 heterocycles. The summed E-state index contributed by atoms with van der Waals surface area (Å²) in [4.78, 5) is 12.2. The topological polar surface area (TPSA) is 38.3 Å². The molecule has 0 aliphatic heterocycles. The quantitative estimate of drug-likeness (QED) is 0.878. The van der Waals surface area contributed by atoms with Crippen LogP contribution in [0.2, 0.25) is 0 Å². The molecule has 0 unspecified atom stereocenters. The zero-order valence-corrected chi connectivity index (χ0v) is 13.4. The van der Waals surface area contributed by atoms with E-state index < -0.39 is 6.10 Å². The largest absolute Gasteiger partial charge is 0.481 e. The van der Waals surface area contributed by atoms with Crippen molar-refractivity contribution in [2.24, 2.45) is 0 Å². The van der Waals surface area contributed by atoms with Crippen molar-refractivity contribution in [2.45, 2.75) is 39.3 Å². The monoisotopic (exact) mass is 297 g/mol. The number of aryl methyl sites for hydroxylation is 1. The van der Waals surface area contributed by atoms with Gasteiger partial charge in [-0.2, -0.15) is 0 Å². The van der Waals surface area contributed by atoms with E-state index in [9.17, 15) is 4.79 Å². The highest BCUT2D eigenvalue weighted by Crippen LogP contribution is 2.15. The van der Waals surface area contributed by atoms with Crippen LogP contribution >= 0.6 is 0 Å². The predicted molar refractivity (Wildman–Crippen MR) is 88.9 cm³/mol. The Balaban J connectivity index is 1.92. The van der Waals surface area contributed by atoms with Crippen LogP contribution in [0.3, 0.4) is 0 Å². The van der Waals surface area contributed by atoms with E-state index >= 15 is 0 Å². The fraction of sp³-hybridized carbons (Fsp3) is 0.316. The first kappa shape index (κ1) is 16.1. The third kappa shape index (κ3) is 4.35. The Kier molecular flexibility index (Phi) is 5.59. The second-order valence-corrected chi connectivity index (χ2v) is 5.40. The summed E-state index contributed by atoms with van der Waals surface area (Å²) < 4.78 is 5.64. The maximum Gasteiger partial charge on any atom is 0.261 e. The molecule has 3 nitrogen and oxygen atoms in total. The van der Waals surface area contributed by atoms with Gasteiger partial charge in [0.05, 0.1) is 6.04 Å². The van der Waals surface area contributed by atoms with E-state index in [0.717, 1.165) is 12.0 Å². The Morgan fingerprint density at radius 2 is 1.68 bits per heavy atom. The van der Waals surface area contributed by atoms with Crippen molar-refractivity contribution >= 4 is 5.91 Å². The summed E-state index contributed by atoms with van der Waals surface area (Å²) in [6, 6.07) is 17.7. The lowest BCUT2D eigenvalue weighted by Crippen LogP contribution is -2.37. The van der Waals surface area contributed by atoms with E-state index in [2.05, 4.69) is 36.5 Å². The highest BCUT2D eigenvalue weighted by atomic mass is 16.5. The van der Waals surface area contributed by atoms with Gasteiger partial charge in [0.1, 0.15) is 5.75 Å². The van der Waals surface area contributed by atoms with Crippen LogP contribution in [0.4, 0.5) is 0 Å². The number of carbonyl (C=O) groups excluding carboxylic acids is 1. The minimum Gasteiger partial charge on any atom is -0.481 e. The van der Waals surface area contributed by atoms with Crippen LogP contribution in [0.1, 0.15) is 37.9 Å². The zero-order chi connectivity index (χ0) is 15.9. The molecule has 1 N–H and O–H groups in total. The molecule has 0 radical (unpaired) electrons. The van der Waals surface area contributed by atoms with Crippen LogP contribution in [-0.4, -0.2) is 12.0 Å². The minimum atomic E-state index is -0.528. The number of hydrogen-bond acceptors (Lipinski definition) is 2. The Bertz CT molecular complexity index is 593. The van der Waals surface area contributed by atoms with Crippen LogP contribution < -0.4 is 10.1 Å². The van der Waals surface area contributed by atoms with Gasteiger partial charge in [0.15, 0.2) is 6.10 Å². The van der Waals surface area contributed by atoms with Gasteiger partial charge in [0.2, 0.25) is 0 Å². The molecule has 0 fully saturated rings. The average molecular weight is 297 g/mol. The minimum absolute atomic E-state index is 0.0415. The molecule has 116 valence electrons. The Hall–Kier alpha value is -2.29. The van der Waals surface area contributed by atoms with Gasteiger partial charge in [-0.05, 0) is 43.5 Å². The number of amides is 1. The SMILES string of the molecule is CCc1ccc([C@@H](C)NC(=O)[C@H](C)Oc2ccccc2)cc1. The summed E-state index contributed by atoms with van der Waals surface area (Å²) in [7, 11) is 0. The third-order valence-corrected chi connectivity index (χ3v) is 3.67. The van der Waals surface area contributed by atoms with Crippen LogP contribution in [0.25, 0.3) is 0 Å². The molecule has 0 aromatic heterocycles. The normalized spacial score (nSPS) is 13.2. The summed E-state index contributed by atoms with van der Waals surface area (Å²) in [5.74, 6) is 0.584. The van der Waals surface area contributed by atoms with Crippen molar-refractivity contribution in [3.63, 3.8) is 0 Å². The van der Waals surface area contributed by atoms with Crippen LogP contribution in [0, 0.1) is 0 Å². The lowest BCUT2D eigenvalue weighted by molar-refractivity contribution is -0.127. The molecular weight excluding hydrogens is 274 g/mol. The summed E-state index contributed by atoms with van der Waals surface area (Å²) in [5.41, 5.74) is 2.39. The second-order valence-electron chi connectivity index (χ2n) is 5.40. The summed E-state index contributed by atoms with van der Waals surface area (Å²) >= 11 is 0. The van der Waals surface area contributed by atoms with Crippen molar-refractivity contribution < 1.29 is 9.53 Å². The standard InChI is InChI=1S/C19H23NO2/c1-4-16-10-12-17(13-11-16)14(2)20-19(21)15(3)22-18-8-6-5-7-9-18/h5-15H,4H2,1-3H3,(H,20,21)/t14-,15+/m1/s1. The number of hydrogen-bond donors (Lipinski definition) is 1. The molecule has 2 atom stereocenters. The summed E-state index contributed by atoms with van der Waals surface area (Å²) in [5, 5.41) is 2.99. The second kappa shape index (κ2) is 7.64. The van der Waals surface area contributed by atoms with E-state index in [1.165, 1.54) is 5.56 Å². The van der Waals surface area contributed by atoms with Crippen molar-refractivity contribution in [1.82, 2.24) is 5.32 Å². The number of carbonyl (C=O) groups is 1. The fourth-order valence-corrected chi connectivity index (χ4v) is 2.21. The Morgan fingerprint density at radius 3 is 2.27 bits per heavy atom. The molecule has 22 heavy (non-hydrogen) atoms. The maximum atomic E-state index is 12.2. The molecule has 0 aliphatic carbocycles. The van der Waals surface area contributed by atoms with Crippen molar-refractivity contribution in [3.8, 4) is 5.75 Å². The molecule has 2 rings (SSSR count). The molecule has 2 aromatic rings. The van der Waals surface area contributed by atoms with Gasteiger partial charge >= 0.3 is 0 Å². The highest BCUT2D eigenvalue weighted by Gasteiger charge is 2.17. The smallest absolute Gasteiger partial charge is 0.261 e. The van der Waals surface area contributed by atoms with E-state index in [0.29, 0.717) is 5.75 Å². The molecule has 3 heteroatoms. The van der Waals surface area contributed by atoms with Gasteiger partial charge in [-0.1, -0.05) is 49.4 Å². The number of ether oxygens (including phenoxy) is 1. The van der Waals surface area contributed by atoms with E-state index in [-0.39, 0.29) is 11.9 Å². The lowest BCUT2D eigenvalue weighted by atomic mass is 10.0. The molecule has 0 bridgehead atoms. The van der Waals surface area contributed by atoms with Gasteiger partial charge in [-0.15, -0.1) is 0 Å². The first-order valence-corrected chi connectivity index (χ1v) is 7.71. The first-order chi connectivity index (χ1) is 10.6. The Labute approximate surface area is 132 Å². The van der Waals surface area contributed by atoms with Gasteiger partial charge < -0.3 is 10.1 Å². The van der Waals surface area contributed by atoms with Crippen molar-refractivity contribution in [2.75, 3.05) is 0 Å². The third-order valence-electron chi connectivity index (χ3n) is 3.67. The number of benzene rings is 2. The van der Waals surface area contributed by atoms with Gasteiger partial charge in [0.25, 0.3) is 5.91 Å². The summed E-state index contributed by atoms with van der Waals surface area (Å²) in [6.45, 7) is 5.87. The number of para-hydroxylation sites is 1. The maximum absolute atomic E-state index is 12.2. The molecule has 1 amide bonds. The summed E-state index contributed by atoms with van der Waals surface area (Å²) in [6.07, 6.45) is 0.489. The molecule has 0 saturated carbocycles. The van der Waals surface area contributed by atoms with Gasteiger partial charge in [0, 0.05) is 0 Å². The molecule has 2 aromatic carbocycles. The van der Waals surface area contributed by atoms with Crippen molar-refractivity contribution in [1.29, 1.82) is 0 Å². The molecule has 0 aliphatic rings. The van der Waals surface area contributed by atoms with Crippen LogP contribution in [0.5, 0.6) is 5.75 Å². The number of nitrogens with one attached hydrogen (secondary N) is 1. The van der Waals surface area contributed by atoms with Crippen LogP contribution in [0.15, 0.2) is 54.6 Å². The van der Waals surface area contributed by atoms with E-state index in [1.807, 2.05) is 37.3 Å². The van der Waals surface area contributed by atoms with E-state index in [1.54, 1.807) is 6.92 Å². The lowest BCUT2D eigenvalue weighted by Gasteiger charge is -2.19. The Morgan fingerprint density at radius 1 is 1.05 bits per heavy atom. The van der Waals surface area contributed by atoms with Gasteiger partial charge in [-0.25, -0.2) is 0 Å². The average Bonchev–Trinajstić information content (AvgIpc) is 2.55. The zero-order valence-electron chi connectivity index (χ0n) is 13.4. The van der Waals surface area contributed by atoms with E-state index in [4.69, 9.17) is 4.74 Å². The highest BCUT2D eigenvalue weighted by molar-refractivity contribution is 5.81. The van der Waals surface area contributed by atoms with Crippen molar-refractivity contribution in [3.05, 3.63) is 65.7 Å². The first-order valence-electron chi connectivity index (χ1n) is 7.71. The molecule has 0 spiro atoms. The molecule has 0 saturated heterocycles. The van der Waals surface area contributed by atoms with Crippen LogP contribution in [-0.2, 0) is 11.2 Å². The van der Waals surface area contributed by atoms with Gasteiger partial charge in [-0.3, -0.25) is 4.79 Å². The fourth-order valence-electron chi connectivity index (χ4n) is 2.21. The number of rotatable bonds is 6. The predicted octanol–water partition coefficient (Wildman–Crippen LogP) is 3.89.